The van der Waals surface area contributed by atoms with Gasteiger partial charge in [0.1, 0.15) is 5.52 Å². The van der Waals surface area contributed by atoms with Crippen LogP contribution in [0.2, 0.25) is 5.15 Å². The van der Waals surface area contributed by atoms with Crippen molar-refractivity contribution in [3.63, 3.8) is 0 Å². The summed E-state index contributed by atoms with van der Waals surface area (Å²) in [6, 6.07) is 0. The molecule has 0 bridgehead atoms. The minimum Gasteiger partial charge on any atom is -0.368 e. The Kier molecular flexibility index (Phi) is 3.83. The zero-order valence-corrected chi connectivity index (χ0v) is 13.3. The second-order valence-electron chi connectivity index (χ2n) is 5.51. The van der Waals surface area contributed by atoms with Crippen molar-refractivity contribution in [3.8, 4) is 0 Å². The van der Waals surface area contributed by atoms with E-state index in [0.29, 0.717) is 0 Å². The first-order chi connectivity index (χ1) is 10.6. The van der Waals surface area contributed by atoms with Crippen molar-refractivity contribution < 1.29 is 23.1 Å². The van der Waals surface area contributed by atoms with Gasteiger partial charge in [-0.05, 0) is 6.42 Å². The lowest BCUT2D eigenvalue weighted by molar-refractivity contribution is 0.0809. The van der Waals surface area contributed by atoms with E-state index < -0.39 is 31.5 Å². The van der Waals surface area contributed by atoms with Gasteiger partial charge in [-0.3, -0.25) is 4.57 Å². The molecule has 126 valence electrons. The molecule has 8 nitrogen and oxygen atoms in total. The van der Waals surface area contributed by atoms with E-state index in [2.05, 4.69) is 15.0 Å². The number of rotatable bonds is 5. The predicted molar refractivity (Wildman–Crippen MR) is 78.2 cm³/mol. The number of fused-ring (bicyclic) bond motifs is 1. The minimum atomic E-state index is -4.29. The fourth-order valence-electron chi connectivity index (χ4n) is 2.68. The molecule has 4 N–H and O–H groups in total. The van der Waals surface area contributed by atoms with Crippen LogP contribution < -0.4 is 5.73 Å². The molecule has 12 heteroatoms. The molecule has 1 aliphatic rings. The van der Waals surface area contributed by atoms with Crippen molar-refractivity contribution in [1.82, 2.24) is 19.5 Å². The number of alkyl halides is 2. The van der Waals surface area contributed by atoms with Crippen molar-refractivity contribution in [2.45, 2.75) is 18.9 Å². The maximum Gasteiger partial charge on any atom is 0.325 e. The highest BCUT2D eigenvalue weighted by molar-refractivity contribution is 7.51. The van der Waals surface area contributed by atoms with Gasteiger partial charge in [0, 0.05) is 18.4 Å². The molecule has 2 atom stereocenters. The number of nitrogens with two attached hydrogens (primary N) is 1. The Balaban J connectivity index is 1.79. The zero-order valence-electron chi connectivity index (χ0n) is 11.6. The summed E-state index contributed by atoms with van der Waals surface area (Å²) in [4.78, 5) is 29.3. The third-order valence-electron chi connectivity index (χ3n) is 3.93. The molecule has 2 aromatic rings. The Labute approximate surface area is 133 Å². The van der Waals surface area contributed by atoms with Gasteiger partial charge in [-0.25, -0.2) is 13.8 Å². The standard InChI is InChI=1S/C11H13ClF2N5O3P/c12-8-7-9(18-10(15)17-8)19(4-16-7)3-6-5(11(6,13)14)1-2-23(20,21)22/h4-6H,1-3H2,(H2,15,17,18)(H2,20,21,22)/t5-,6+/m0/s1. The van der Waals surface area contributed by atoms with E-state index in [4.69, 9.17) is 27.1 Å². The highest BCUT2D eigenvalue weighted by Crippen LogP contribution is 2.59. The normalized spacial score (nSPS) is 23.3. The van der Waals surface area contributed by atoms with Crippen LogP contribution in [-0.4, -0.2) is 41.4 Å². The molecule has 1 aliphatic carbocycles. The monoisotopic (exact) mass is 367 g/mol. The first-order valence-electron chi connectivity index (χ1n) is 6.66. The maximum atomic E-state index is 13.8. The summed E-state index contributed by atoms with van der Waals surface area (Å²) in [5.74, 6) is -5.19. The van der Waals surface area contributed by atoms with Crippen LogP contribution in [-0.2, 0) is 11.1 Å². The van der Waals surface area contributed by atoms with Crippen LogP contribution in [0.25, 0.3) is 11.2 Å². The highest BCUT2D eigenvalue weighted by atomic mass is 35.5. The van der Waals surface area contributed by atoms with Gasteiger partial charge in [0.05, 0.1) is 12.5 Å². The number of imidazole rings is 1. The Bertz CT molecular complexity index is 810. The SMILES string of the molecule is Nc1nc(Cl)c2ncn(C[C@@H]3[C@H](CCP(=O)(O)O)C3(F)F)c2n1. The number of anilines is 1. The van der Waals surface area contributed by atoms with Crippen LogP contribution in [0.3, 0.4) is 0 Å². The number of hydrogen-bond donors (Lipinski definition) is 3. The summed E-state index contributed by atoms with van der Waals surface area (Å²) in [6.07, 6.45) is 0.515. The summed E-state index contributed by atoms with van der Waals surface area (Å²) < 4.78 is 39.9. The van der Waals surface area contributed by atoms with Gasteiger partial charge in [-0.1, -0.05) is 11.6 Å². The van der Waals surface area contributed by atoms with E-state index in [1.165, 1.54) is 10.9 Å². The van der Waals surface area contributed by atoms with Crippen molar-refractivity contribution in [2.24, 2.45) is 11.8 Å². The summed E-state index contributed by atoms with van der Waals surface area (Å²) in [5.41, 5.74) is 6.00. The van der Waals surface area contributed by atoms with E-state index in [-0.39, 0.29) is 35.2 Å². The molecule has 2 aromatic heterocycles. The molecule has 0 aromatic carbocycles. The molecule has 23 heavy (non-hydrogen) atoms. The third kappa shape index (κ3) is 3.16. The van der Waals surface area contributed by atoms with Crippen molar-refractivity contribution >= 4 is 36.3 Å². The Morgan fingerprint density at radius 2 is 2.09 bits per heavy atom. The zero-order chi connectivity index (χ0) is 17.0. The summed E-state index contributed by atoms with van der Waals surface area (Å²) in [5, 5.41) is 0.0341. The molecule has 0 radical (unpaired) electrons. The van der Waals surface area contributed by atoms with E-state index in [9.17, 15) is 13.3 Å². The summed E-state index contributed by atoms with van der Waals surface area (Å²) >= 11 is 5.87. The van der Waals surface area contributed by atoms with Crippen molar-refractivity contribution in [3.05, 3.63) is 11.5 Å². The van der Waals surface area contributed by atoms with Gasteiger partial charge < -0.3 is 20.1 Å². The van der Waals surface area contributed by atoms with Crippen LogP contribution in [0.15, 0.2) is 6.33 Å². The molecule has 1 saturated carbocycles. The third-order valence-corrected chi connectivity index (χ3v) is 5.03. The first kappa shape index (κ1) is 16.5. The maximum absolute atomic E-state index is 13.8. The molecular weight excluding hydrogens is 355 g/mol. The summed E-state index contributed by atoms with van der Waals surface area (Å²) in [6.45, 7) is -0.0951. The number of halogens is 3. The predicted octanol–water partition coefficient (Wildman–Crippen LogP) is 1.51. The Morgan fingerprint density at radius 1 is 1.39 bits per heavy atom. The van der Waals surface area contributed by atoms with Crippen LogP contribution >= 0.6 is 19.2 Å². The average Bonchev–Trinajstić information content (AvgIpc) is 2.74. The van der Waals surface area contributed by atoms with Crippen LogP contribution in [0.5, 0.6) is 0 Å². The van der Waals surface area contributed by atoms with Gasteiger partial charge in [-0.2, -0.15) is 9.97 Å². The lowest BCUT2D eigenvalue weighted by Gasteiger charge is -2.04. The number of nitrogen functional groups attached to an aromatic ring is 1. The first-order valence-corrected chi connectivity index (χ1v) is 8.83. The molecule has 2 heterocycles. The van der Waals surface area contributed by atoms with Crippen molar-refractivity contribution in [1.29, 1.82) is 0 Å². The van der Waals surface area contributed by atoms with Gasteiger partial charge in [0.15, 0.2) is 10.8 Å². The number of hydrogen-bond acceptors (Lipinski definition) is 5. The molecular formula is C11H13ClF2N5O3P. The molecule has 0 amide bonds. The molecule has 0 spiro atoms. The van der Waals surface area contributed by atoms with E-state index in [0.717, 1.165) is 0 Å². The van der Waals surface area contributed by atoms with Crippen LogP contribution in [0.1, 0.15) is 6.42 Å². The fraction of sp³-hybridized carbons (Fsp3) is 0.545. The van der Waals surface area contributed by atoms with Crippen LogP contribution in [0.4, 0.5) is 14.7 Å². The molecule has 0 saturated heterocycles. The quantitative estimate of drug-likeness (QED) is 0.540. The van der Waals surface area contributed by atoms with E-state index in [1.54, 1.807) is 0 Å². The lowest BCUT2D eigenvalue weighted by atomic mass is 10.2. The highest BCUT2D eigenvalue weighted by Gasteiger charge is 2.67. The number of nitrogens with zero attached hydrogens (tertiary/aromatic N) is 4. The molecule has 0 aliphatic heterocycles. The van der Waals surface area contributed by atoms with Gasteiger partial charge >= 0.3 is 7.60 Å². The van der Waals surface area contributed by atoms with E-state index in [1.807, 2.05) is 0 Å². The molecule has 1 fully saturated rings. The topological polar surface area (TPSA) is 127 Å². The van der Waals surface area contributed by atoms with Gasteiger partial charge in [0.25, 0.3) is 5.92 Å². The minimum absolute atomic E-state index is 0.0341. The van der Waals surface area contributed by atoms with Crippen molar-refractivity contribution in [2.75, 3.05) is 11.9 Å². The molecule has 3 rings (SSSR count). The van der Waals surface area contributed by atoms with Gasteiger partial charge in [-0.15, -0.1) is 0 Å². The second kappa shape index (κ2) is 5.34. The average molecular weight is 368 g/mol. The Hall–Kier alpha value is -1.35. The number of aromatic nitrogens is 4. The fourth-order valence-corrected chi connectivity index (χ4v) is 3.52. The lowest BCUT2D eigenvalue weighted by Crippen LogP contribution is -2.06. The van der Waals surface area contributed by atoms with Gasteiger partial charge in [0.2, 0.25) is 5.95 Å². The smallest absolute Gasteiger partial charge is 0.325 e. The molecule has 0 unspecified atom stereocenters. The second-order valence-corrected chi connectivity index (χ2v) is 7.64. The largest absolute Gasteiger partial charge is 0.368 e. The Morgan fingerprint density at radius 3 is 2.74 bits per heavy atom. The van der Waals surface area contributed by atoms with E-state index >= 15 is 0 Å². The van der Waals surface area contributed by atoms with Crippen LogP contribution in [0, 0.1) is 11.8 Å². The summed E-state index contributed by atoms with van der Waals surface area (Å²) in [7, 11) is -4.29.